The molecular weight excluding hydrogens is 261 g/mol. The molecule has 20 heavy (non-hydrogen) atoms. The Morgan fingerprint density at radius 1 is 1.05 bits per heavy atom. The van der Waals surface area contributed by atoms with Gasteiger partial charge in [0.05, 0.1) is 17.0 Å². The van der Waals surface area contributed by atoms with Crippen molar-refractivity contribution in [2.24, 2.45) is 0 Å². The van der Waals surface area contributed by atoms with Crippen molar-refractivity contribution >= 4 is 17.3 Å². The van der Waals surface area contributed by atoms with E-state index in [0.29, 0.717) is 0 Å². The molecule has 5 heteroatoms. The lowest BCUT2D eigenvalue weighted by Gasteiger charge is -2.00. The molecule has 1 N–H and O–H groups in total. The summed E-state index contributed by atoms with van der Waals surface area (Å²) in [4.78, 5) is 38.1. The van der Waals surface area contributed by atoms with Gasteiger partial charge in [-0.1, -0.05) is 12.1 Å². The lowest BCUT2D eigenvalue weighted by atomic mass is 10.0. The Kier molecular flexibility index (Phi) is 2.68. The molecule has 0 unspecified atom stereocenters. The number of fused-ring (bicyclic) bond motifs is 1. The molecule has 1 aliphatic carbocycles. The number of ketones is 3. The van der Waals surface area contributed by atoms with Crippen LogP contribution in [0.1, 0.15) is 36.9 Å². The van der Waals surface area contributed by atoms with E-state index in [9.17, 15) is 18.8 Å². The standard InChI is InChI=1S/C15H8FNO3/c16-9-3-1-2-8(6-9)15(20)11-7-10-12(18)4-5-13(19)14(10)17-11/h1-7,17H. The van der Waals surface area contributed by atoms with Crippen LogP contribution < -0.4 is 0 Å². The quantitative estimate of drug-likeness (QED) is 0.851. The fourth-order valence-corrected chi connectivity index (χ4v) is 2.08. The molecule has 1 aliphatic rings. The summed E-state index contributed by atoms with van der Waals surface area (Å²) in [7, 11) is 0. The zero-order valence-corrected chi connectivity index (χ0v) is 10.1. The number of hydrogen-bond donors (Lipinski definition) is 1. The molecule has 98 valence electrons. The van der Waals surface area contributed by atoms with Crippen LogP contribution in [0.2, 0.25) is 0 Å². The fraction of sp³-hybridized carbons (Fsp3) is 0. The molecule has 1 aromatic carbocycles. The molecule has 0 radical (unpaired) electrons. The highest BCUT2D eigenvalue weighted by molar-refractivity contribution is 6.22. The monoisotopic (exact) mass is 269 g/mol. The van der Waals surface area contributed by atoms with Gasteiger partial charge in [0.1, 0.15) is 5.82 Å². The minimum absolute atomic E-state index is 0.0889. The van der Waals surface area contributed by atoms with E-state index in [4.69, 9.17) is 0 Å². The Morgan fingerprint density at radius 3 is 2.50 bits per heavy atom. The zero-order chi connectivity index (χ0) is 14.3. The predicted molar refractivity (Wildman–Crippen MR) is 68.4 cm³/mol. The number of hydrogen-bond acceptors (Lipinski definition) is 3. The molecule has 0 spiro atoms. The Labute approximate surface area is 112 Å². The highest BCUT2D eigenvalue weighted by atomic mass is 19.1. The molecule has 0 fully saturated rings. The summed E-state index contributed by atoms with van der Waals surface area (Å²) in [6, 6.07) is 6.54. The van der Waals surface area contributed by atoms with Crippen molar-refractivity contribution in [3.8, 4) is 0 Å². The first-order valence-corrected chi connectivity index (χ1v) is 5.86. The summed E-state index contributed by atoms with van der Waals surface area (Å²) in [6.07, 6.45) is 2.31. The number of H-pyrrole nitrogens is 1. The number of aromatic amines is 1. The van der Waals surface area contributed by atoms with Crippen LogP contribution in [0.15, 0.2) is 42.5 Å². The van der Waals surface area contributed by atoms with Crippen molar-refractivity contribution in [1.29, 1.82) is 0 Å². The van der Waals surface area contributed by atoms with Gasteiger partial charge in [-0.15, -0.1) is 0 Å². The molecule has 3 rings (SSSR count). The van der Waals surface area contributed by atoms with Crippen molar-refractivity contribution in [2.45, 2.75) is 0 Å². The smallest absolute Gasteiger partial charge is 0.209 e. The van der Waals surface area contributed by atoms with E-state index in [-0.39, 0.29) is 34.1 Å². The topological polar surface area (TPSA) is 67.0 Å². The number of benzene rings is 1. The zero-order valence-electron chi connectivity index (χ0n) is 10.1. The number of halogens is 1. The third-order valence-corrected chi connectivity index (χ3v) is 3.05. The van der Waals surface area contributed by atoms with Gasteiger partial charge in [-0.2, -0.15) is 0 Å². The Bertz CT molecular complexity index is 751. The van der Waals surface area contributed by atoms with Gasteiger partial charge in [0.2, 0.25) is 11.6 Å². The summed E-state index contributed by atoms with van der Waals surface area (Å²) in [5.41, 5.74) is 0.497. The molecule has 0 amide bonds. The molecule has 1 aromatic heterocycles. The first kappa shape index (κ1) is 12.2. The normalized spacial score (nSPS) is 13.4. The first-order chi connectivity index (χ1) is 9.56. The Morgan fingerprint density at radius 2 is 1.80 bits per heavy atom. The summed E-state index contributed by atoms with van der Waals surface area (Å²) < 4.78 is 13.1. The van der Waals surface area contributed by atoms with E-state index in [2.05, 4.69) is 4.98 Å². The molecule has 0 atom stereocenters. The third kappa shape index (κ3) is 1.89. The van der Waals surface area contributed by atoms with Crippen molar-refractivity contribution < 1.29 is 18.8 Å². The van der Waals surface area contributed by atoms with Gasteiger partial charge in [0.15, 0.2) is 5.78 Å². The van der Waals surface area contributed by atoms with Crippen molar-refractivity contribution in [3.05, 3.63) is 70.8 Å². The SMILES string of the molecule is O=C(c1cccc(F)c1)c1cc2c([nH]1)C(=O)C=CC2=O. The van der Waals surface area contributed by atoms with Crippen LogP contribution in [0, 0.1) is 5.82 Å². The molecule has 0 saturated carbocycles. The largest absolute Gasteiger partial charge is 0.349 e. The van der Waals surface area contributed by atoms with Gasteiger partial charge in [0.25, 0.3) is 0 Å². The van der Waals surface area contributed by atoms with Crippen LogP contribution in [0.25, 0.3) is 0 Å². The molecule has 2 aromatic rings. The molecule has 0 saturated heterocycles. The van der Waals surface area contributed by atoms with Crippen LogP contribution in [0.4, 0.5) is 4.39 Å². The summed E-state index contributed by atoms with van der Waals surface area (Å²) in [6.45, 7) is 0. The van der Waals surface area contributed by atoms with Crippen molar-refractivity contribution in [1.82, 2.24) is 4.98 Å². The van der Waals surface area contributed by atoms with Gasteiger partial charge < -0.3 is 4.98 Å². The number of carbonyl (C=O) groups is 3. The van der Waals surface area contributed by atoms with E-state index in [1.807, 2.05) is 0 Å². The molecule has 0 aliphatic heterocycles. The predicted octanol–water partition coefficient (Wildman–Crippen LogP) is 2.32. The number of aromatic nitrogens is 1. The van der Waals surface area contributed by atoms with Crippen LogP contribution in [0.3, 0.4) is 0 Å². The van der Waals surface area contributed by atoms with Crippen molar-refractivity contribution in [3.63, 3.8) is 0 Å². The minimum Gasteiger partial charge on any atom is -0.349 e. The van der Waals surface area contributed by atoms with Gasteiger partial charge in [-0.05, 0) is 30.4 Å². The third-order valence-electron chi connectivity index (χ3n) is 3.05. The van der Waals surface area contributed by atoms with Crippen LogP contribution in [-0.4, -0.2) is 22.3 Å². The molecule has 1 heterocycles. The van der Waals surface area contributed by atoms with Gasteiger partial charge >= 0.3 is 0 Å². The van der Waals surface area contributed by atoms with Crippen molar-refractivity contribution in [2.75, 3.05) is 0 Å². The number of carbonyl (C=O) groups excluding carboxylic acids is 3. The summed E-state index contributed by atoms with van der Waals surface area (Å²) in [5, 5.41) is 0. The van der Waals surface area contributed by atoms with E-state index in [0.717, 1.165) is 18.2 Å². The minimum atomic E-state index is -0.527. The average Bonchev–Trinajstić information content (AvgIpc) is 2.88. The van der Waals surface area contributed by atoms with E-state index in [1.54, 1.807) is 0 Å². The maximum absolute atomic E-state index is 13.1. The summed E-state index contributed by atoms with van der Waals surface area (Å²) in [5.74, 6) is -1.70. The van der Waals surface area contributed by atoms with Gasteiger partial charge in [0, 0.05) is 5.56 Å². The second-order valence-electron chi connectivity index (χ2n) is 4.37. The Hall–Kier alpha value is -2.82. The lowest BCUT2D eigenvalue weighted by molar-refractivity contribution is 0.0991. The maximum atomic E-state index is 13.1. The van der Waals surface area contributed by atoms with Crippen LogP contribution in [-0.2, 0) is 0 Å². The highest BCUT2D eigenvalue weighted by Gasteiger charge is 2.24. The second kappa shape index (κ2) is 4.38. The first-order valence-electron chi connectivity index (χ1n) is 5.86. The lowest BCUT2D eigenvalue weighted by Crippen LogP contribution is -2.09. The van der Waals surface area contributed by atoms with E-state index < -0.39 is 11.6 Å². The van der Waals surface area contributed by atoms with Gasteiger partial charge in [-0.3, -0.25) is 14.4 Å². The number of rotatable bonds is 2. The van der Waals surface area contributed by atoms with Crippen LogP contribution in [0.5, 0.6) is 0 Å². The number of nitrogens with one attached hydrogen (secondary N) is 1. The highest BCUT2D eigenvalue weighted by Crippen LogP contribution is 2.20. The van der Waals surface area contributed by atoms with E-state index in [1.165, 1.54) is 24.3 Å². The fourth-order valence-electron chi connectivity index (χ4n) is 2.08. The molecule has 0 bridgehead atoms. The van der Waals surface area contributed by atoms with Gasteiger partial charge in [-0.25, -0.2) is 4.39 Å². The molecule has 4 nitrogen and oxygen atoms in total. The summed E-state index contributed by atoms with van der Waals surface area (Å²) >= 11 is 0. The molecular formula is C15H8FNO3. The maximum Gasteiger partial charge on any atom is 0.209 e. The van der Waals surface area contributed by atoms with Crippen LogP contribution >= 0.6 is 0 Å². The second-order valence-corrected chi connectivity index (χ2v) is 4.37. The Balaban J connectivity index is 2.05. The van der Waals surface area contributed by atoms with E-state index >= 15 is 0 Å². The average molecular weight is 269 g/mol. The number of allylic oxidation sites excluding steroid dienone is 2.